The van der Waals surface area contributed by atoms with Gasteiger partial charge in [-0.15, -0.1) is 0 Å². The minimum absolute atomic E-state index is 0.0332. The summed E-state index contributed by atoms with van der Waals surface area (Å²) in [5, 5.41) is 0.720. The number of pyridine rings is 1. The van der Waals surface area contributed by atoms with Crippen molar-refractivity contribution in [2.45, 2.75) is 6.54 Å². The molecule has 0 atom stereocenters. The molecule has 4 rings (SSSR count). The van der Waals surface area contributed by atoms with Crippen molar-refractivity contribution < 1.29 is 9.18 Å². The van der Waals surface area contributed by atoms with E-state index in [-0.39, 0.29) is 11.7 Å². The SMILES string of the molecule is O=C(c1cc2cc(F)ccc2[nH]1)N1CCN(Cc2ccccn2)CC1. The van der Waals surface area contributed by atoms with E-state index in [1.54, 1.807) is 18.3 Å². The summed E-state index contributed by atoms with van der Waals surface area (Å²) < 4.78 is 13.3. The summed E-state index contributed by atoms with van der Waals surface area (Å²) >= 11 is 0. The van der Waals surface area contributed by atoms with E-state index >= 15 is 0 Å². The fourth-order valence-corrected chi connectivity index (χ4v) is 3.22. The Labute approximate surface area is 145 Å². The predicted octanol–water partition coefficient (Wildman–Crippen LogP) is 2.66. The summed E-state index contributed by atoms with van der Waals surface area (Å²) in [6, 6.07) is 12.1. The second-order valence-corrected chi connectivity index (χ2v) is 6.30. The third-order valence-electron chi connectivity index (χ3n) is 4.58. The highest BCUT2D eigenvalue weighted by Gasteiger charge is 2.23. The molecule has 0 unspecified atom stereocenters. The third kappa shape index (κ3) is 3.39. The zero-order valence-corrected chi connectivity index (χ0v) is 13.8. The molecule has 0 spiro atoms. The lowest BCUT2D eigenvalue weighted by Crippen LogP contribution is -2.48. The van der Waals surface area contributed by atoms with Crippen LogP contribution in [0.3, 0.4) is 0 Å². The molecular weight excluding hydrogens is 319 g/mol. The van der Waals surface area contributed by atoms with Gasteiger partial charge in [-0.25, -0.2) is 4.39 Å². The molecule has 2 aromatic heterocycles. The molecule has 1 fully saturated rings. The van der Waals surface area contributed by atoms with Gasteiger partial charge in [0, 0.05) is 49.8 Å². The maximum absolute atomic E-state index is 13.3. The quantitative estimate of drug-likeness (QED) is 0.799. The van der Waals surface area contributed by atoms with Crippen LogP contribution < -0.4 is 0 Å². The Morgan fingerprint density at radius 2 is 1.96 bits per heavy atom. The van der Waals surface area contributed by atoms with Crippen LogP contribution in [-0.2, 0) is 6.54 Å². The van der Waals surface area contributed by atoms with Gasteiger partial charge in [0.05, 0.1) is 5.69 Å². The number of halogens is 1. The van der Waals surface area contributed by atoms with E-state index in [1.165, 1.54) is 12.1 Å². The van der Waals surface area contributed by atoms with Gasteiger partial charge in [0.2, 0.25) is 0 Å². The first-order valence-corrected chi connectivity index (χ1v) is 8.39. The van der Waals surface area contributed by atoms with Gasteiger partial charge < -0.3 is 9.88 Å². The maximum atomic E-state index is 13.3. The Kier molecular flexibility index (Phi) is 4.19. The molecule has 0 bridgehead atoms. The molecule has 3 aromatic rings. The van der Waals surface area contributed by atoms with Gasteiger partial charge in [-0.2, -0.15) is 0 Å². The van der Waals surface area contributed by atoms with Crippen molar-refractivity contribution >= 4 is 16.8 Å². The van der Waals surface area contributed by atoms with Crippen molar-refractivity contribution in [3.63, 3.8) is 0 Å². The van der Waals surface area contributed by atoms with E-state index in [9.17, 15) is 9.18 Å². The molecule has 25 heavy (non-hydrogen) atoms. The van der Waals surface area contributed by atoms with Crippen LogP contribution in [0.5, 0.6) is 0 Å². The van der Waals surface area contributed by atoms with Gasteiger partial charge in [0.15, 0.2) is 0 Å². The Hall–Kier alpha value is -2.73. The van der Waals surface area contributed by atoms with Crippen LogP contribution in [-0.4, -0.2) is 51.9 Å². The maximum Gasteiger partial charge on any atom is 0.270 e. The minimum atomic E-state index is -0.298. The van der Waals surface area contributed by atoms with E-state index in [0.29, 0.717) is 18.8 Å². The third-order valence-corrected chi connectivity index (χ3v) is 4.58. The zero-order chi connectivity index (χ0) is 17.2. The molecule has 0 radical (unpaired) electrons. The number of hydrogen-bond acceptors (Lipinski definition) is 3. The Morgan fingerprint density at radius 3 is 2.72 bits per heavy atom. The highest BCUT2D eigenvalue weighted by Crippen LogP contribution is 2.18. The first-order chi connectivity index (χ1) is 12.2. The van der Waals surface area contributed by atoms with E-state index in [4.69, 9.17) is 0 Å². The molecule has 5 nitrogen and oxygen atoms in total. The number of hydrogen-bond donors (Lipinski definition) is 1. The lowest BCUT2D eigenvalue weighted by molar-refractivity contribution is 0.0622. The lowest BCUT2D eigenvalue weighted by atomic mass is 10.2. The van der Waals surface area contributed by atoms with Crippen LogP contribution in [0.25, 0.3) is 10.9 Å². The van der Waals surface area contributed by atoms with Gasteiger partial charge >= 0.3 is 0 Å². The largest absolute Gasteiger partial charge is 0.351 e. The first kappa shape index (κ1) is 15.8. The number of carbonyl (C=O) groups excluding carboxylic acids is 1. The monoisotopic (exact) mass is 338 g/mol. The molecule has 6 heteroatoms. The molecule has 1 N–H and O–H groups in total. The molecule has 0 saturated carbocycles. The number of amides is 1. The van der Waals surface area contributed by atoms with E-state index in [2.05, 4.69) is 14.9 Å². The van der Waals surface area contributed by atoms with Gasteiger partial charge in [-0.3, -0.25) is 14.7 Å². The number of nitrogens with one attached hydrogen (secondary N) is 1. The summed E-state index contributed by atoms with van der Waals surface area (Å²) in [6.07, 6.45) is 1.80. The standard InChI is InChI=1S/C19H19FN4O/c20-15-4-5-17-14(11-15)12-18(22-17)19(25)24-9-7-23(8-10-24)13-16-3-1-2-6-21-16/h1-6,11-12,22H,7-10,13H2. The predicted molar refractivity (Wildman–Crippen MR) is 93.7 cm³/mol. The van der Waals surface area contributed by atoms with Crippen LogP contribution in [0.15, 0.2) is 48.7 Å². The van der Waals surface area contributed by atoms with Crippen molar-refractivity contribution in [3.8, 4) is 0 Å². The number of rotatable bonds is 3. The van der Waals surface area contributed by atoms with E-state index < -0.39 is 0 Å². The van der Waals surface area contributed by atoms with Crippen LogP contribution in [0.2, 0.25) is 0 Å². The van der Waals surface area contributed by atoms with Gasteiger partial charge in [-0.1, -0.05) is 6.07 Å². The molecule has 128 valence electrons. The van der Waals surface area contributed by atoms with Crippen LogP contribution in [0, 0.1) is 5.82 Å². The average Bonchev–Trinajstić information content (AvgIpc) is 3.06. The topological polar surface area (TPSA) is 52.2 Å². The number of piperazine rings is 1. The molecule has 1 aromatic carbocycles. The number of fused-ring (bicyclic) bond motifs is 1. The number of benzene rings is 1. The highest BCUT2D eigenvalue weighted by atomic mass is 19.1. The molecule has 1 amide bonds. The number of carbonyl (C=O) groups is 1. The molecule has 0 aliphatic carbocycles. The fourth-order valence-electron chi connectivity index (χ4n) is 3.22. The summed E-state index contributed by atoms with van der Waals surface area (Å²) in [5.41, 5.74) is 2.33. The summed E-state index contributed by atoms with van der Waals surface area (Å²) in [4.78, 5) is 24.3. The second kappa shape index (κ2) is 6.64. The normalized spacial score (nSPS) is 15.6. The summed E-state index contributed by atoms with van der Waals surface area (Å²) in [6.45, 7) is 3.79. The minimum Gasteiger partial charge on any atom is -0.351 e. The summed E-state index contributed by atoms with van der Waals surface area (Å²) in [5.74, 6) is -0.331. The Bertz CT molecular complexity index is 885. The second-order valence-electron chi connectivity index (χ2n) is 6.30. The van der Waals surface area contributed by atoms with Crippen molar-refractivity contribution in [3.05, 3.63) is 65.9 Å². The fraction of sp³-hybridized carbons (Fsp3) is 0.263. The van der Waals surface area contributed by atoms with Crippen LogP contribution in [0.4, 0.5) is 4.39 Å². The van der Waals surface area contributed by atoms with E-state index in [0.717, 1.165) is 36.2 Å². The van der Waals surface area contributed by atoms with Crippen LogP contribution >= 0.6 is 0 Å². The van der Waals surface area contributed by atoms with Crippen molar-refractivity contribution in [1.82, 2.24) is 19.8 Å². The van der Waals surface area contributed by atoms with Crippen molar-refractivity contribution in [2.75, 3.05) is 26.2 Å². The molecular formula is C19H19FN4O. The lowest BCUT2D eigenvalue weighted by Gasteiger charge is -2.34. The molecule has 1 saturated heterocycles. The van der Waals surface area contributed by atoms with E-state index in [1.807, 2.05) is 23.1 Å². The highest BCUT2D eigenvalue weighted by molar-refractivity contribution is 5.98. The zero-order valence-electron chi connectivity index (χ0n) is 13.8. The van der Waals surface area contributed by atoms with Gasteiger partial charge in [-0.05, 0) is 36.4 Å². The van der Waals surface area contributed by atoms with Crippen molar-refractivity contribution in [1.29, 1.82) is 0 Å². The number of H-pyrrole nitrogens is 1. The number of nitrogens with zero attached hydrogens (tertiary/aromatic N) is 3. The molecule has 1 aliphatic heterocycles. The molecule has 1 aliphatic rings. The average molecular weight is 338 g/mol. The Morgan fingerprint density at radius 1 is 1.12 bits per heavy atom. The molecule has 3 heterocycles. The number of aromatic nitrogens is 2. The van der Waals surface area contributed by atoms with Crippen LogP contribution in [0.1, 0.15) is 16.2 Å². The number of aromatic amines is 1. The van der Waals surface area contributed by atoms with Crippen molar-refractivity contribution in [2.24, 2.45) is 0 Å². The van der Waals surface area contributed by atoms with Gasteiger partial charge in [0.25, 0.3) is 5.91 Å². The first-order valence-electron chi connectivity index (χ1n) is 8.39. The Balaban J connectivity index is 1.40. The smallest absolute Gasteiger partial charge is 0.270 e. The van der Waals surface area contributed by atoms with Gasteiger partial charge in [0.1, 0.15) is 11.5 Å². The summed E-state index contributed by atoms with van der Waals surface area (Å²) in [7, 11) is 0.